The summed E-state index contributed by atoms with van der Waals surface area (Å²) in [4.78, 5) is 11.3. The van der Waals surface area contributed by atoms with E-state index in [4.69, 9.17) is 11.6 Å². The summed E-state index contributed by atoms with van der Waals surface area (Å²) < 4.78 is 2.53. The molecule has 0 saturated carbocycles. The largest absolute Gasteiger partial charge is 0.376 e. The molecule has 2 N–H and O–H groups in total. The van der Waals surface area contributed by atoms with Gasteiger partial charge in [-0.2, -0.15) is 5.10 Å². The van der Waals surface area contributed by atoms with Crippen LogP contribution in [0.2, 0.25) is 5.02 Å². The van der Waals surface area contributed by atoms with Crippen molar-refractivity contribution in [1.29, 1.82) is 0 Å². The number of carbonyl (C=O) groups excluding carboxylic acids is 1. The first kappa shape index (κ1) is 15.9. The number of hydrogen-bond donors (Lipinski definition) is 2. The Kier molecular flexibility index (Phi) is 5.25. The third-order valence-electron chi connectivity index (χ3n) is 3.03. The molecule has 1 atom stereocenters. The number of nitrogens with one attached hydrogen (secondary N) is 2. The van der Waals surface area contributed by atoms with E-state index in [0.29, 0.717) is 5.02 Å². The number of benzene rings is 1. The zero-order chi connectivity index (χ0) is 15.4. The number of hydrogen-bond acceptors (Lipinski definition) is 3. The number of amides is 1. The van der Waals surface area contributed by atoms with Crippen LogP contribution in [0, 0.1) is 0 Å². The van der Waals surface area contributed by atoms with E-state index < -0.39 is 0 Å². The molecule has 112 valence electrons. The second-order valence-electron chi connectivity index (χ2n) is 4.63. The molecule has 21 heavy (non-hydrogen) atoms. The molecule has 0 spiro atoms. The van der Waals surface area contributed by atoms with Crippen LogP contribution in [0.25, 0.3) is 0 Å². The molecule has 2 rings (SSSR count). The van der Waals surface area contributed by atoms with Crippen LogP contribution in [-0.4, -0.2) is 22.7 Å². The van der Waals surface area contributed by atoms with Crippen LogP contribution in [0.15, 0.2) is 35.1 Å². The average Bonchev–Trinajstić information content (AvgIpc) is 2.85. The van der Waals surface area contributed by atoms with Gasteiger partial charge in [-0.15, -0.1) is 0 Å². The SMILES string of the molecule is CNC(=O)Cn1cc(NC(C)c2ccc(Br)cc2Cl)cn1. The van der Waals surface area contributed by atoms with Crippen LogP contribution in [0.4, 0.5) is 5.69 Å². The highest BCUT2D eigenvalue weighted by Crippen LogP contribution is 2.28. The van der Waals surface area contributed by atoms with Crippen molar-refractivity contribution in [3.63, 3.8) is 0 Å². The van der Waals surface area contributed by atoms with Crippen LogP contribution in [-0.2, 0) is 11.3 Å². The molecule has 0 fully saturated rings. The molecule has 0 radical (unpaired) electrons. The van der Waals surface area contributed by atoms with Crippen molar-refractivity contribution in [3.8, 4) is 0 Å². The Hall–Kier alpha value is -1.53. The van der Waals surface area contributed by atoms with Gasteiger partial charge >= 0.3 is 0 Å². The zero-order valence-corrected chi connectivity index (χ0v) is 14.1. The van der Waals surface area contributed by atoms with Gasteiger partial charge < -0.3 is 10.6 Å². The first-order chi connectivity index (χ1) is 9.99. The van der Waals surface area contributed by atoms with Gasteiger partial charge in [-0.25, -0.2) is 0 Å². The third kappa shape index (κ3) is 4.22. The normalized spacial score (nSPS) is 12.0. The number of carbonyl (C=O) groups is 1. The average molecular weight is 372 g/mol. The summed E-state index contributed by atoms with van der Waals surface area (Å²) in [6.45, 7) is 2.22. The Bertz CT molecular complexity index is 644. The lowest BCUT2D eigenvalue weighted by Crippen LogP contribution is -2.23. The summed E-state index contributed by atoms with van der Waals surface area (Å²) in [5.74, 6) is -0.0892. The fourth-order valence-corrected chi connectivity index (χ4v) is 2.77. The lowest BCUT2D eigenvalue weighted by Gasteiger charge is -2.15. The smallest absolute Gasteiger partial charge is 0.241 e. The van der Waals surface area contributed by atoms with Gasteiger partial charge in [0.25, 0.3) is 0 Å². The van der Waals surface area contributed by atoms with Gasteiger partial charge in [0.15, 0.2) is 0 Å². The minimum absolute atomic E-state index is 0.0308. The third-order valence-corrected chi connectivity index (χ3v) is 3.85. The Morgan fingerprint density at radius 1 is 1.52 bits per heavy atom. The minimum atomic E-state index is -0.0892. The van der Waals surface area contributed by atoms with Gasteiger partial charge in [0.2, 0.25) is 5.91 Å². The maximum atomic E-state index is 11.3. The quantitative estimate of drug-likeness (QED) is 0.848. The Labute approximate surface area is 136 Å². The molecule has 7 heteroatoms. The molecule has 2 aromatic rings. The summed E-state index contributed by atoms with van der Waals surface area (Å²) in [5, 5.41) is 10.7. The van der Waals surface area contributed by atoms with Crippen molar-refractivity contribution < 1.29 is 4.79 Å². The highest BCUT2D eigenvalue weighted by molar-refractivity contribution is 9.10. The number of aromatic nitrogens is 2. The first-order valence-electron chi connectivity index (χ1n) is 6.44. The van der Waals surface area contributed by atoms with Crippen LogP contribution in [0.1, 0.15) is 18.5 Å². The summed E-state index contributed by atoms with van der Waals surface area (Å²) in [5.41, 5.74) is 1.84. The number of anilines is 1. The molecule has 1 amide bonds. The van der Waals surface area contributed by atoms with Crippen molar-refractivity contribution >= 4 is 39.1 Å². The van der Waals surface area contributed by atoms with E-state index >= 15 is 0 Å². The highest BCUT2D eigenvalue weighted by atomic mass is 79.9. The molecule has 0 saturated heterocycles. The molecule has 1 unspecified atom stereocenters. The minimum Gasteiger partial charge on any atom is -0.376 e. The standard InChI is InChI=1S/C14H16BrClN4O/c1-9(12-4-3-10(15)5-13(12)16)19-11-6-18-20(7-11)8-14(21)17-2/h3-7,9,19H,8H2,1-2H3,(H,17,21). The molecule has 0 aliphatic rings. The number of rotatable bonds is 5. The van der Waals surface area contributed by atoms with Crippen molar-refractivity contribution in [1.82, 2.24) is 15.1 Å². The maximum absolute atomic E-state index is 11.3. The summed E-state index contributed by atoms with van der Waals surface area (Å²) in [6.07, 6.45) is 3.48. The molecular weight excluding hydrogens is 356 g/mol. The van der Waals surface area contributed by atoms with E-state index in [2.05, 4.69) is 31.7 Å². The molecular formula is C14H16BrClN4O. The maximum Gasteiger partial charge on any atom is 0.241 e. The highest BCUT2D eigenvalue weighted by Gasteiger charge is 2.11. The topological polar surface area (TPSA) is 59.0 Å². The molecule has 1 aromatic carbocycles. The summed E-state index contributed by atoms with van der Waals surface area (Å²) >= 11 is 9.63. The molecule has 5 nitrogen and oxygen atoms in total. The predicted octanol–water partition coefficient (Wildman–Crippen LogP) is 3.22. The molecule has 1 aromatic heterocycles. The number of likely N-dealkylation sites (N-methyl/N-ethyl adjacent to an activating group) is 1. The Balaban J connectivity index is 2.05. The van der Waals surface area contributed by atoms with Crippen LogP contribution < -0.4 is 10.6 Å². The lowest BCUT2D eigenvalue weighted by atomic mass is 10.1. The zero-order valence-electron chi connectivity index (χ0n) is 11.7. The van der Waals surface area contributed by atoms with E-state index in [9.17, 15) is 4.79 Å². The number of halogens is 2. The summed E-state index contributed by atoms with van der Waals surface area (Å²) in [6, 6.07) is 5.82. The first-order valence-corrected chi connectivity index (χ1v) is 7.61. The van der Waals surface area contributed by atoms with Crippen molar-refractivity contribution in [3.05, 3.63) is 45.7 Å². The van der Waals surface area contributed by atoms with E-state index in [1.165, 1.54) is 0 Å². The second-order valence-corrected chi connectivity index (χ2v) is 5.95. The van der Waals surface area contributed by atoms with Crippen molar-refractivity contribution in [2.45, 2.75) is 19.5 Å². The van der Waals surface area contributed by atoms with Crippen molar-refractivity contribution in [2.24, 2.45) is 0 Å². The molecule has 0 aliphatic heterocycles. The van der Waals surface area contributed by atoms with Crippen LogP contribution >= 0.6 is 27.5 Å². The van der Waals surface area contributed by atoms with Gasteiger partial charge in [-0.3, -0.25) is 9.48 Å². The van der Waals surface area contributed by atoms with Crippen LogP contribution in [0.5, 0.6) is 0 Å². The Morgan fingerprint density at radius 3 is 2.95 bits per heavy atom. The van der Waals surface area contributed by atoms with E-state index in [0.717, 1.165) is 15.7 Å². The Morgan fingerprint density at radius 2 is 2.29 bits per heavy atom. The predicted molar refractivity (Wildman–Crippen MR) is 87.5 cm³/mol. The molecule has 0 aliphatic carbocycles. The van der Waals surface area contributed by atoms with E-state index in [-0.39, 0.29) is 18.5 Å². The summed E-state index contributed by atoms with van der Waals surface area (Å²) in [7, 11) is 1.60. The van der Waals surface area contributed by atoms with Gasteiger partial charge in [-0.05, 0) is 24.6 Å². The second kappa shape index (κ2) is 6.95. The lowest BCUT2D eigenvalue weighted by molar-refractivity contribution is -0.121. The number of nitrogens with zero attached hydrogens (tertiary/aromatic N) is 2. The van der Waals surface area contributed by atoms with Gasteiger partial charge in [-0.1, -0.05) is 33.6 Å². The van der Waals surface area contributed by atoms with Gasteiger partial charge in [0, 0.05) is 22.7 Å². The fraction of sp³-hybridized carbons (Fsp3) is 0.286. The molecule has 0 bridgehead atoms. The van der Waals surface area contributed by atoms with Crippen LogP contribution in [0.3, 0.4) is 0 Å². The van der Waals surface area contributed by atoms with Gasteiger partial charge in [0.05, 0.1) is 17.9 Å². The van der Waals surface area contributed by atoms with Crippen molar-refractivity contribution in [2.75, 3.05) is 12.4 Å². The fourth-order valence-electron chi connectivity index (χ4n) is 1.93. The molecule has 1 heterocycles. The van der Waals surface area contributed by atoms with E-state index in [1.807, 2.05) is 25.1 Å². The van der Waals surface area contributed by atoms with Gasteiger partial charge in [0.1, 0.15) is 6.54 Å². The monoisotopic (exact) mass is 370 g/mol. The van der Waals surface area contributed by atoms with E-state index in [1.54, 1.807) is 24.1 Å².